The molecule has 0 radical (unpaired) electrons. The van der Waals surface area contributed by atoms with Crippen LogP contribution in [0, 0.1) is 6.92 Å². The lowest BCUT2D eigenvalue weighted by atomic mass is 10.2. The minimum absolute atomic E-state index is 0.0285. The summed E-state index contributed by atoms with van der Waals surface area (Å²) >= 11 is 0. The first-order valence-corrected chi connectivity index (χ1v) is 9.14. The Kier molecular flexibility index (Phi) is 6.01. The number of nitrogens with one attached hydrogen (secondary N) is 1. The SMILES string of the molecule is COc1ccc(/C=C/C(=O)Nc2ccc(C)c(S(N)(=O)=O)c2)cc1OC. The summed E-state index contributed by atoms with van der Waals surface area (Å²) in [6.07, 6.45) is 2.93. The van der Waals surface area contributed by atoms with E-state index in [1.807, 2.05) is 0 Å². The number of rotatable bonds is 6. The van der Waals surface area contributed by atoms with Crippen LogP contribution in [0.5, 0.6) is 11.5 Å². The number of amides is 1. The minimum Gasteiger partial charge on any atom is -0.493 e. The Balaban J connectivity index is 2.15. The molecular formula is C18H20N2O5S. The van der Waals surface area contributed by atoms with Crippen LogP contribution in [0.2, 0.25) is 0 Å². The zero-order valence-electron chi connectivity index (χ0n) is 14.6. The number of methoxy groups -OCH3 is 2. The molecule has 0 aliphatic carbocycles. The third-order valence-electron chi connectivity index (χ3n) is 3.60. The molecule has 0 spiro atoms. The van der Waals surface area contributed by atoms with Crippen LogP contribution < -0.4 is 19.9 Å². The molecule has 0 saturated carbocycles. The van der Waals surface area contributed by atoms with Gasteiger partial charge in [-0.15, -0.1) is 0 Å². The molecule has 0 aliphatic rings. The molecular weight excluding hydrogens is 356 g/mol. The van der Waals surface area contributed by atoms with Crippen molar-refractivity contribution in [2.45, 2.75) is 11.8 Å². The zero-order valence-corrected chi connectivity index (χ0v) is 15.5. The van der Waals surface area contributed by atoms with Crippen LogP contribution >= 0.6 is 0 Å². The molecule has 0 aliphatic heterocycles. The average molecular weight is 376 g/mol. The van der Waals surface area contributed by atoms with Gasteiger partial charge in [-0.1, -0.05) is 12.1 Å². The summed E-state index contributed by atoms with van der Waals surface area (Å²) < 4.78 is 33.5. The van der Waals surface area contributed by atoms with Crippen molar-refractivity contribution >= 4 is 27.7 Å². The lowest BCUT2D eigenvalue weighted by molar-refractivity contribution is -0.111. The van der Waals surface area contributed by atoms with E-state index >= 15 is 0 Å². The van der Waals surface area contributed by atoms with E-state index in [4.69, 9.17) is 14.6 Å². The molecule has 0 atom stereocenters. The van der Waals surface area contributed by atoms with Crippen LogP contribution in [0.3, 0.4) is 0 Å². The normalized spacial score (nSPS) is 11.4. The van der Waals surface area contributed by atoms with Gasteiger partial charge >= 0.3 is 0 Å². The van der Waals surface area contributed by atoms with Crippen molar-refractivity contribution in [2.24, 2.45) is 5.14 Å². The maximum Gasteiger partial charge on any atom is 0.248 e. The smallest absolute Gasteiger partial charge is 0.248 e. The van der Waals surface area contributed by atoms with Crippen LogP contribution in [0.1, 0.15) is 11.1 Å². The van der Waals surface area contributed by atoms with Gasteiger partial charge in [0.2, 0.25) is 15.9 Å². The Hall–Kier alpha value is -2.84. The fourth-order valence-electron chi connectivity index (χ4n) is 2.30. The van der Waals surface area contributed by atoms with E-state index < -0.39 is 15.9 Å². The van der Waals surface area contributed by atoms with Crippen LogP contribution in [-0.4, -0.2) is 28.5 Å². The van der Waals surface area contributed by atoms with Crippen LogP contribution in [0.4, 0.5) is 5.69 Å². The second-order valence-electron chi connectivity index (χ2n) is 5.46. The van der Waals surface area contributed by atoms with E-state index in [-0.39, 0.29) is 4.90 Å². The van der Waals surface area contributed by atoms with Crippen molar-refractivity contribution in [1.82, 2.24) is 0 Å². The number of nitrogens with two attached hydrogens (primary N) is 1. The zero-order chi connectivity index (χ0) is 19.3. The van der Waals surface area contributed by atoms with E-state index in [1.54, 1.807) is 43.3 Å². The predicted octanol–water partition coefficient (Wildman–Crippen LogP) is 2.31. The molecule has 26 heavy (non-hydrogen) atoms. The number of benzene rings is 2. The van der Waals surface area contributed by atoms with Gasteiger partial charge < -0.3 is 14.8 Å². The van der Waals surface area contributed by atoms with Crippen molar-refractivity contribution in [1.29, 1.82) is 0 Å². The van der Waals surface area contributed by atoms with Gasteiger partial charge in [0.1, 0.15) is 0 Å². The Morgan fingerprint density at radius 3 is 2.38 bits per heavy atom. The molecule has 138 valence electrons. The molecule has 8 heteroatoms. The van der Waals surface area contributed by atoms with E-state index in [9.17, 15) is 13.2 Å². The van der Waals surface area contributed by atoms with Crippen molar-refractivity contribution in [3.8, 4) is 11.5 Å². The summed E-state index contributed by atoms with van der Waals surface area (Å²) in [4.78, 5) is 12.0. The molecule has 0 heterocycles. The van der Waals surface area contributed by atoms with E-state index in [1.165, 1.54) is 26.4 Å². The molecule has 1 amide bonds. The lowest BCUT2D eigenvalue weighted by Gasteiger charge is -2.08. The van der Waals surface area contributed by atoms with Gasteiger partial charge in [0.15, 0.2) is 11.5 Å². The summed E-state index contributed by atoms with van der Waals surface area (Å²) in [5.74, 6) is 0.722. The van der Waals surface area contributed by atoms with Gasteiger partial charge in [-0.2, -0.15) is 0 Å². The first kappa shape index (κ1) is 19.5. The van der Waals surface area contributed by atoms with Gasteiger partial charge in [-0.3, -0.25) is 4.79 Å². The summed E-state index contributed by atoms with van der Waals surface area (Å²) in [6, 6.07) is 9.74. The molecule has 0 saturated heterocycles. The number of carbonyl (C=O) groups excluding carboxylic acids is 1. The molecule has 2 aromatic rings. The van der Waals surface area contributed by atoms with Crippen LogP contribution in [-0.2, 0) is 14.8 Å². The van der Waals surface area contributed by atoms with Crippen molar-refractivity contribution in [3.05, 3.63) is 53.6 Å². The number of primary sulfonamides is 1. The third kappa shape index (κ3) is 4.84. The van der Waals surface area contributed by atoms with Crippen LogP contribution in [0.15, 0.2) is 47.4 Å². The summed E-state index contributed by atoms with van der Waals surface area (Å²) in [5.41, 5.74) is 1.58. The minimum atomic E-state index is -3.86. The first-order valence-electron chi connectivity index (χ1n) is 7.59. The number of aryl methyl sites for hydroxylation is 1. The predicted molar refractivity (Wildman–Crippen MR) is 99.8 cm³/mol. The highest BCUT2D eigenvalue weighted by Gasteiger charge is 2.12. The van der Waals surface area contributed by atoms with Crippen molar-refractivity contribution in [3.63, 3.8) is 0 Å². The number of hydrogen-bond acceptors (Lipinski definition) is 5. The van der Waals surface area contributed by atoms with E-state index in [2.05, 4.69) is 5.32 Å². The molecule has 2 rings (SSSR count). The second kappa shape index (κ2) is 8.03. The van der Waals surface area contributed by atoms with Crippen molar-refractivity contribution < 1.29 is 22.7 Å². The van der Waals surface area contributed by atoms with Gasteiger partial charge in [0.25, 0.3) is 0 Å². The van der Waals surface area contributed by atoms with Crippen molar-refractivity contribution in [2.75, 3.05) is 19.5 Å². The number of hydrogen-bond donors (Lipinski definition) is 2. The quantitative estimate of drug-likeness (QED) is 0.752. The fourth-order valence-corrected chi connectivity index (χ4v) is 3.10. The van der Waals surface area contributed by atoms with Gasteiger partial charge in [-0.05, 0) is 48.4 Å². The number of sulfonamides is 1. The Morgan fingerprint density at radius 2 is 1.77 bits per heavy atom. The van der Waals surface area contributed by atoms with Gasteiger partial charge in [-0.25, -0.2) is 13.6 Å². The molecule has 2 aromatic carbocycles. The highest BCUT2D eigenvalue weighted by molar-refractivity contribution is 7.89. The van der Waals surface area contributed by atoms with E-state index in [0.29, 0.717) is 22.7 Å². The standard InChI is InChI=1S/C18H20N2O5S/c1-12-4-7-14(11-17(12)26(19,22)23)20-18(21)9-6-13-5-8-15(24-2)16(10-13)25-3/h4-11H,1-3H3,(H,20,21)(H2,19,22,23)/b9-6+. The molecule has 3 N–H and O–H groups in total. The average Bonchev–Trinajstić information content (AvgIpc) is 2.60. The number of anilines is 1. The largest absolute Gasteiger partial charge is 0.493 e. The Morgan fingerprint density at radius 1 is 1.08 bits per heavy atom. The third-order valence-corrected chi connectivity index (χ3v) is 4.65. The Labute approximate surface area is 152 Å². The highest BCUT2D eigenvalue weighted by atomic mass is 32.2. The summed E-state index contributed by atoms with van der Waals surface area (Å²) in [6.45, 7) is 1.63. The van der Waals surface area contributed by atoms with E-state index in [0.717, 1.165) is 5.56 Å². The van der Waals surface area contributed by atoms with Crippen LogP contribution in [0.25, 0.3) is 6.08 Å². The monoisotopic (exact) mass is 376 g/mol. The first-order chi connectivity index (χ1) is 12.2. The van der Waals surface area contributed by atoms with Gasteiger partial charge in [0.05, 0.1) is 19.1 Å². The summed E-state index contributed by atoms with van der Waals surface area (Å²) in [5, 5.41) is 7.77. The molecule has 0 bridgehead atoms. The maximum absolute atomic E-state index is 12.1. The highest BCUT2D eigenvalue weighted by Crippen LogP contribution is 2.28. The summed E-state index contributed by atoms with van der Waals surface area (Å²) in [7, 11) is -0.790. The molecule has 0 unspecified atom stereocenters. The lowest BCUT2D eigenvalue weighted by Crippen LogP contribution is -2.15. The maximum atomic E-state index is 12.1. The molecule has 0 aromatic heterocycles. The number of carbonyl (C=O) groups is 1. The fraction of sp³-hybridized carbons (Fsp3) is 0.167. The number of ether oxygens (including phenoxy) is 2. The second-order valence-corrected chi connectivity index (χ2v) is 6.99. The Bertz CT molecular complexity index is 952. The molecule has 7 nitrogen and oxygen atoms in total. The topological polar surface area (TPSA) is 108 Å². The molecule has 0 fully saturated rings. The van der Waals surface area contributed by atoms with Gasteiger partial charge in [0, 0.05) is 11.8 Å².